The Morgan fingerprint density at radius 3 is 2.77 bits per heavy atom. The number of carbonyl (C=O) groups is 3. The van der Waals surface area contributed by atoms with Crippen LogP contribution in [0.25, 0.3) is 0 Å². The van der Waals surface area contributed by atoms with Crippen LogP contribution in [0, 0.1) is 0 Å². The van der Waals surface area contributed by atoms with Crippen LogP contribution in [0.4, 0.5) is 5.69 Å². The predicted octanol–water partition coefficient (Wildman–Crippen LogP) is 2.42. The lowest BCUT2D eigenvalue weighted by Gasteiger charge is -2.07. The minimum atomic E-state index is -0.563. The summed E-state index contributed by atoms with van der Waals surface area (Å²) in [4.78, 5) is 38.0. The van der Waals surface area contributed by atoms with Crippen molar-refractivity contribution < 1.29 is 14.4 Å². The molecule has 1 heterocycles. The summed E-state index contributed by atoms with van der Waals surface area (Å²) in [5.74, 6) is -0.934. The van der Waals surface area contributed by atoms with Gasteiger partial charge in [0.15, 0.2) is 5.78 Å². The molecule has 0 saturated carbocycles. The highest BCUT2D eigenvalue weighted by Crippen LogP contribution is 2.15. The van der Waals surface area contributed by atoms with Crippen LogP contribution in [0.5, 0.6) is 0 Å². The van der Waals surface area contributed by atoms with E-state index in [4.69, 9.17) is 0 Å². The van der Waals surface area contributed by atoms with Crippen molar-refractivity contribution in [2.75, 3.05) is 11.1 Å². The van der Waals surface area contributed by atoms with Crippen molar-refractivity contribution in [3.05, 3.63) is 42.1 Å². The maximum absolute atomic E-state index is 11.8. The standard InChI is InChI=1S/C14H12N4O3S/c1-8-13(21)16-14(18-17-8)22-7-12(20)15-11-5-3-4-10(6-11)9(2)19/h3-6H,1,7H2,2H3,(H,15,20). The number of Topliss-reactive ketones (excluding diaryl/α,β-unsaturated/α-hetero) is 1. The summed E-state index contributed by atoms with van der Waals surface area (Å²) in [6.45, 7) is 4.82. The Balaban J connectivity index is 1.91. The van der Waals surface area contributed by atoms with E-state index in [2.05, 4.69) is 27.1 Å². The number of aliphatic imine (C=N–C) groups is 1. The number of carbonyl (C=O) groups excluding carboxylic acids is 3. The van der Waals surface area contributed by atoms with Crippen molar-refractivity contribution >= 4 is 40.2 Å². The van der Waals surface area contributed by atoms with Crippen molar-refractivity contribution in [3.8, 4) is 0 Å². The molecule has 0 bridgehead atoms. The molecule has 0 saturated heterocycles. The van der Waals surface area contributed by atoms with Gasteiger partial charge in [0, 0.05) is 11.3 Å². The highest BCUT2D eigenvalue weighted by Gasteiger charge is 2.15. The van der Waals surface area contributed by atoms with Gasteiger partial charge < -0.3 is 5.32 Å². The molecular weight excluding hydrogens is 304 g/mol. The highest BCUT2D eigenvalue weighted by molar-refractivity contribution is 8.14. The van der Waals surface area contributed by atoms with Gasteiger partial charge in [0.05, 0.1) is 5.75 Å². The van der Waals surface area contributed by atoms with Crippen LogP contribution in [0.15, 0.2) is 51.8 Å². The van der Waals surface area contributed by atoms with Crippen molar-refractivity contribution in [2.45, 2.75) is 6.92 Å². The van der Waals surface area contributed by atoms with E-state index in [-0.39, 0.29) is 28.3 Å². The minimum Gasteiger partial charge on any atom is -0.325 e. The number of hydrogen-bond donors (Lipinski definition) is 1. The number of thioether (sulfide) groups is 1. The van der Waals surface area contributed by atoms with E-state index < -0.39 is 5.91 Å². The summed E-state index contributed by atoms with van der Waals surface area (Å²) in [5, 5.41) is 9.99. The Kier molecular flexibility index (Phi) is 4.95. The van der Waals surface area contributed by atoms with Gasteiger partial charge in [-0.05, 0) is 19.1 Å². The topological polar surface area (TPSA) is 100 Å². The molecule has 7 nitrogen and oxygen atoms in total. The fourth-order valence-corrected chi connectivity index (χ4v) is 2.10. The van der Waals surface area contributed by atoms with Gasteiger partial charge >= 0.3 is 0 Å². The molecule has 2 rings (SSSR count). The first-order valence-electron chi connectivity index (χ1n) is 6.23. The van der Waals surface area contributed by atoms with Crippen LogP contribution < -0.4 is 5.32 Å². The molecule has 1 aliphatic heterocycles. The molecule has 8 heteroatoms. The molecular formula is C14H12N4O3S. The van der Waals surface area contributed by atoms with E-state index in [0.29, 0.717) is 11.3 Å². The maximum atomic E-state index is 11.8. The average molecular weight is 316 g/mol. The molecule has 0 aromatic heterocycles. The zero-order valence-corrected chi connectivity index (χ0v) is 12.5. The molecule has 1 N–H and O–H groups in total. The first-order valence-corrected chi connectivity index (χ1v) is 7.21. The number of amides is 2. The van der Waals surface area contributed by atoms with Crippen LogP contribution in [0.2, 0.25) is 0 Å². The summed E-state index contributed by atoms with van der Waals surface area (Å²) >= 11 is 0.990. The summed E-state index contributed by atoms with van der Waals surface area (Å²) < 4.78 is 0. The molecule has 2 amide bonds. The van der Waals surface area contributed by atoms with Crippen molar-refractivity contribution in [3.63, 3.8) is 0 Å². The second-order valence-electron chi connectivity index (χ2n) is 4.32. The third-order valence-corrected chi connectivity index (χ3v) is 3.42. The number of benzene rings is 1. The average Bonchev–Trinajstić information content (AvgIpc) is 2.49. The van der Waals surface area contributed by atoms with Crippen molar-refractivity contribution in [2.24, 2.45) is 15.2 Å². The van der Waals surface area contributed by atoms with Crippen molar-refractivity contribution in [1.82, 2.24) is 0 Å². The number of amidine groups is 1. The molecule has 0 radical (unpaired) electrons. The Labute approximate surface area is 130 Å². The smallest absolute Gasteiger partial charge is 0.299 e. The number of hydrogen-bond acceptors (Lipinski definition) is 6. The molecule has 0 fully saturated rings. The van der Waals surface area contributed by atoms with Gasteiger partial charge in [-0.25, -0.2) is 0 Å². The Morgan fingerprint density at radius 1 is 1.32 bits per heavy atom. The van der Waals surface area contributed by atoms with Gasteiger partial charge in [0.2, 0.25) is 11.1 Å². The Morgan fingerprint density at radius 2 is 2.09 bits per heavy atom. The zero-order valence-electron chi connectivity index (χ0n) is 11.7. The van der Waals surface area contributed by atoms with Crippen molar-refractivity contribution in [1.29, 1.82) is 0 Å². The first kappa shape index (κ1) is 15.8. The monoisotopic (exact) mass is 316 g/mol. The van der Waals surface area contributed by atoms with E-state index in [1.807, 2.05) is 0 Å². The van der Waals surface area contributed by atoms with Gasteiger partial charge in [-0.1, -0.05) is 30.5 Å². The lowest BCUT2D eigenvalue weighted by molar-refractivity contribution is -0.115. The van der Waals surface area contributed by atoms with Crippen LogP contribution in [0.3, 0.4) is 0 Å². The van der Waals surface area contributed by atoms with Crippen LogP contribution in [-0.4, -0.2) is 28.5 Å². The first-order chi connectivity index (χ1) is 10.5. The lowest BCUT2D eigenvalue weighted by atomic mass is 10.1. The van der Waals surface area contributed by atoms with Crippen LogP contribution in [-0.2, 0) is 9.59 Å². The SMILES string of the molecule is C=C1N=NC(SCC(=O)Nc2cccc(C(C)=O)c2)=NC1=O. The largest absolute Gasteiger partial charge is 0.325 e. The Hall–Kier alpha value is -2.61. The number of azo groups is 1. The lowest BCUT2D eigenvalue weighted by Crippen LogP contribution is -2.16. The molecule has 22 heavy (non-hydrogen) atoms. The number of rotatable bonds is 4. The van der Waals surface area contributed by atoms with E-state index in [9.17, 15) is 14.4 Å². The zero-order chi connectivity index (χ0) is 16.1. The molecule has 0 atom stereocenters. The van der Waals surface area contributed by atoms with Crippen LogP contribution in [0.1, 0.15) is 17.3 Å². The number of ketones is 1. The number of nitrogens with one attached hydrogen (secondary N) is 1. The van der Waals surface area contributed by atoms with Gasteiger partial charge in [-0.3, -0.25) is 14.4 Å². The molecule has 1 aliphatic rings. The molecule has 1 aromatic carbocycles. The fourth-order valence-electron chi connectivity index (χ4n) is 1.52. The molecule has 0 unspecified atom stereocenters. The molecule has 1 aromatic rings. The summed E-state index contributed by atoms with van der Waals surface area (Å²) in [5.41, 5.74) is 1.00. The molecule has 112 valence electrons. The third-order valence-electron chi connectivity index (χ3n) is 2.59. The van der Waals surface area contributed by atoms with E-state index in [1.165, 1.54) is 6.92 Å². The quantitative estimate of drug-likeness (QED) is 0.681. The van der Waals surface area contributed by atoms with Gasteiger partial charge in [-0.2, -0.15) is 4.99 Å². The second kappa shape index (κ2) is 6.90. The maximum Gasteiger partial charge on any atom is 0.299 e. The van der Waals surface area contributed by atoms with E-state index in [1.54, 1.807) is 24.3 Å². The van der Waals surface area contributed by atoms with Gasteiger partial charge in [-0.15, -0.1) is 10.2 Å². The normalized spacial score (nSPS) is 13.8. The summed E-state index contributed by atoms with van der Waals surface area (Å²) in [6.07, 6.45) is 0. The van der Waals surface area contributed by atoms with Gasteiger partial charge in [0.25, 0.3) is 5.91 Å². The predicted molar refractivity (Wildman–Crippen MR) is 84.0 cm³/mol. The Bertz CT molecular complexity index is 725. The fraction of sp³-hybridized carbons (Fsp3) is 0.143. The summed E-state index contributed by atoms with van der Waals surface area (Å²) in [6, 6.07) is 6.63. The second-order valence-corrected chi connectivity index (χ2v) is 5.26. The van der Waals surface area contributed by atoms with Crippen LogP contribution >= 0.6 is 11.8 Å². The van der Waals surface area contributed by atoms with Gasteiger partial charge in [0.1, 0.15) is 5.70 Å². The summed E-state index contributed by atoms with van der Waals surface area (Å²) in [7, 11) is 0. The number of anilines is 1. The van der Waals surface area contributed by atoms with E-state index in [0.717, 1.165) is 11.8 Å². The van der Waals surface area contributed by atoms with E-state index >= 15 is 0 Å². The third kappa shape index (κ3) is 4.19. The minimum absolute atomic E-state index is 0.0158. The highest BCUT2D eigenvalue weighted by atomic mass is 32.2. The molecule has 0 spiro atoms. The number of nitrogens with zero attached hydrogens (tertiary/aromatic N) is 3. The molecule has 0 aliphatic carbocycles.